The predicted molar refractivity (Wildman–Crippen MR) is 88.4 cm³/mol. The van der Waals surface area contributed by atoms with E-state index in [2.05, 4.69) is 46.4 Å². The molecule has 1 amide bonds. The highest BCUT2D eigenvalue weighted by Gasteiger charge is 2.22. The molecule has 1 aliphatic heterocycles. The van der Waals surface area contributed by atoms with Crippen molar-refractivity contribution in [3.8, 4) is 0 Å². The molecule has 1 aliphatic rings. The van der Waals surface area contributed by atoms with Crippen LogP contribution >= 0.6 is 0 Å². The summed E-state index contributed by atoms with van der Waals surface area (Å²) in [5.41, 5.74) is 2.31. The van der Waals surface area contributed by atoms with Gasteiger partial charge in [0.05, 0.1) is 0 Å². The number of carbonyl (C=O) groups excluding carboxylic acids is 1. The average molecular weight is 277 g/mol. The van der Waals surface area contributed by atoms with E-state index in [4.69, 9.17) is 0 Å². The molecule has 2 heteroatoms. The minimum atomic E-state index is 0.268. The van der Waals surface area contributed by atoms with E-state index in [1.165, 1.54) is 0 Å². The summed E-state index contributed by atoms with van der Waals surface area (Å²) in [6.07, 6.45) is 9.61. The molecule has 0 saturated carbocycles. The third-order valence-corrected chi connectivity index (χ3v) is 2.82. The molecule has 1 fully saturated rings. The Balaban J connectivity index is 0.000000796. The van der Waals surface area contributed by atoms with E-state index in [0.717, 1.165) is 43.0 Å². The SMILES string of the molecule is C=C/C(C)=C\C/C(=C\CC)N1CCCC1=O.CC(C)C. The lowest BCUT2D eigenvalue weighted by Crippen LogP contribution is -2.23. The summed E-state index contributed by atoms with van der Waals surface area (Å²) in [6, 6.07) is 0. The zero-order chi connectivity index (χ0) is 15.5. The number of nitrogens with zero attached hydrogens (tertiary/aromatic N) is 1. The van der Waals surface area contributed by atoms with Crippen LogP contribution in [0.15, 0.2) is 36.1 Å². The van der Waals surface area contributed by atoms with Crippen molar-refractivity contribution >= 4 is 5.91 Å². The first kappa shape index (κ1) is 18.7. The molecule has 0 aliphatic carbocycles. The standard InChI is InChI=1S/C14H21NO.C4H10/c1-4-7-13(10-9-12(3)5-2)15-11-6-8-14(15)16;1-4(2)3/h5,7,9H,2,4,6,8,10-11H2,1,3H3;4H,1-3H3/b12-9-,13-7+;. The van der Waals surface area contributed by atoms with Crippen LogP contribution in [0.2, 0.25) is 0 Å². The van der Waals surface area contributed by atoms with Crippen LogP contribution in [-0.2, 0) is 4.79 Å². The number of hydrogen-bond donors (Lipinski definition) is 0. The Labute approximate surface area is 125 Å². The lowest BCUT2D eigenvalue weighted by molar-refractivity contribution is -0.126. The maximum atomic E-state index is 11.6. The fraction of sp³-hybridized carbons (Fsp3) is 0.611. The second-order valence-corrected chi connectivity index (χ2v) is 5.84. The van der Waals surface area contributed by atoms with Crippen molar-refractivity contribution in [2.75, 3.05) is 6.54 Å². The van der Waals surface area contributed by atoms with Crippen LogP contribution in [0.1, 0.15) is 60.3 Å². The highest BCUT2D eigenvalue weighted by atomic mass is 16.2. The molecule has 0 aromatic rings. The van der Waals surface area contributed by atoms with Crippen molar-refractivity contribution in [3.63, 3.8) is 0 Å². The number of rotatable bonds is 5. The summed E-state index contributed by atoms with van der Waals surface area (Å²) >= 11 is 0. The molecular weight excluding hydrogens is 246 g/mol. The van der Waals surface area contributed by atoms with Crippen LogP contribution in [0.25, 0.3) is 0 Å². The van der Waals surface area contributed by atoms with Gasteiger partial charge < -0.3 is 4.90 Å². The zero-order valence-corrected chi connectivity index (χ0v) is 13.9. The second-order valence-electron chi connectivity index (χ2n) is 5.84. The van der Waals surface area contributed by atoms with Gasteiger partial charge >= 0.3 is 0 Å². The largest absolute Gasteiger partial charge is 0.316 e. The van der Waals surface area contributed by atoms with Gasteiger partial charge in [-0.2, -0.15) is 0 Å². The first-order chi connectivity index (χ1) is 9.42. The van der Waals surface area contributed by atoms with Crippen molar-refractivity contribution in [2.45, 2.75) is 60.3 Å². The number of allylic oxidation sites excluding steroid dienone is 4. The van der Waals surface area contributed by atoms with Gasteiger partial charge in [0.15, 0.2) is 0 Å². The molecule has 0 spiro atoms. The highest BCUT2D eigenvalue weighted by molar-refractivity contribution is 5.80. The Kier molecular flexibility index (Phi) is 9.79. The molecule has 0 bridgehead atoms. The van der Waals surface area contributed by atoms with E-state index >= 15 is 0 Å². The normalized spacial score (nSPS) is 16.3. The summed E-state index contributed by atoms with van der Waals surface area (Å²) < 4.78 is 0. The first-order valence-corrected chi connectivity index (χ1v) is 7.70. The van der Waals surface area contributed by atoms with E-state index in [1.54, 1.807) is 0 Å². The minimum Gasteiger partial charge on any atom is -0.316 e. The highest BCUT2D eigenvalue weighted by Crippen LogP contribution is 2.20. The summed E-state index contributed by atoms with van der Waals surface area (Å²) in [6.45, 7) is 15.2. The molecule has 0 aromatic heterocycles. The molecule has 2 nitrogen and oxygen atoms in total. The molecule has 0 N–H and O–H groups in total. The fourth-order valence-corrected chi connectivity index (χ4v) is 1.84. The molecule has 1 saturated heterocycles. The van der Waals surface area contributed by atoms with Crippen molar-refractivity contribution < 1.29 is 4.79 Å². The molecule has 0 aromatic carbocycles. The Morgan fingerprint density at radius 1 is 1.35 bits per heavy atom. The number of amides is 1. The number of likely N-dealkylation sites (tertiary alicyclic amines) is 1. The van der Waals surface area contributed by atoms with Crippen LogP contribution < -0.4 is 0 Å². The van der Waals surface area contributed by atoms with Gasteiger partial charge in [0.25, 0.3) is 0 Å². The van der Waals surface area contributed by atoms with Crippen molar-refractivity contribution in [2.24, 2.45) is 5.92 Å². The zero-order valence-electron chi connectivity index (χ0n) is 13.9. The summed E-state index contributed by atoms with van der Waals surface area (Å²) in [4.78, 5) is 13.6. The van der Waals surface area contributed by atoms with E-state index in [-0.39, 0.29) is 5.91 Å². The van der Waals surface area contributed by atoms with Gasteiger partial charge in [0.1, 0.15) is 0 Å². The smallest absolute Gasteiger partial charge is 0.226 e. The quantitative estimate of drug-likeness (QED) is 0.641. The van der Waals surface area contributed by atoms with Crippen LogP contribution in [0.3, 0.4) is 0 Å². The lowest BCUT2D eigenvalue weighted by Gasteiger charge is -2.19. The molecule has 114 valence electrons. The first-order valence-electron chi connectivity index (χ1n) is 7.70. The molecule has 1 rings (SSSR count). The van der Waals surface area contributed by atoms with Crippen LogP contribution in [0.4, 0.5) is 0 Å². The van der Waals surface area contributed by atoms with Crippen molar-refractivity contribution in [1.82, 2.24) is 4.90 Å². The van der Waals surface area contributed by atoms with Gasteiger partial charge in [-0.1, -0.05) is 58.1 Å². The van der Waals surface area contributed by atoms with E-state index in [9.17, 15) is 4.79 Å². The van der Waals surface area contributed by atoms with E-state index in [0.29, 0.717) is 6.42 Å². The van der Waals surface area contributed by atoms with Crippen molar-refractivity contribution in [1.29, 1.82) is 0 Å². The Hall–Kier alpha value is -1.31. The monoisotopic (exact) mass is 277 g/mol. The summed E-state index contributed by atoms with van der Waals surface area (Å²) in [5, 5.41) is 0. The van der Waals surface area contributed by atoms with Gasteiger partial charge in [-0.15, -0.1) is 0 Å². The lowest BCUT2D eigenvalue weighted by atomic mass is 10.1. The van der Waals surface area contributed by atoms with Crippen molar-refractivity contribution in [3.05, 3.63) is 36.1 Å². The minimum absolute atomic E-state index is 0.268. The maximum absolute atomic E-state index is 11.6. The third kappa shape index (κ3) is 7.98. The average Bonchev–Trinajstić information content (AvgIpc) is 2.79. The third-order valence-electron chi connectivity index (χ3n) is 2.82. The molecule has 0 radical (unpaired) electrons. The molecule has 0 unspecified atom stereocenters. The summed E-state index contributed by atoms with van der Waals surface area (Å²) in [7, 11) is 0. The Bertz CT molecular complexity index is 361. The molecule has 0 atom stereocenters. The van der Waals surface area contributed by atoms with Gasteiger partial charge in [0.2, 0.25) is 5.91 Å². The van der Waals surface area contributed by atoms with Crippen LogP contribution in [0.5, 0.6) is 0 Å². The van der Waals surface area contributed by atoms with Gasteiger partial charge in [-0.3, -0.25) is 4.79 Å². The maximum Gasteiger partial charge on any atom is 0.226 e. The molecule has 20 heavy (non-hydrogen) atoms. The van der Waals surface area contributed by atoms with E-state index < -0.39 is 0 Å². The molecule has 1 heterocycles. The topological polar surface area (TPSA) is 20.3 Å². The number of hydrogen-bond acceptors (Lipinski definition) is 1. The van der Waals surface area contributed by atoms with Crippen LogP contribution in [-0.4, -0.2) is 17.4 Å². The van der Waals surface area contributed by atoms with E-state index in [1.807, 2.05) is 17.9 Å². The summed E-state index contributed by atoms with van der Waals surface area (Å²) in [5.74, 6) is 1.10. The number of carbonyl (C=O) groups is 1. The van der Waals surface area contributed by atoms with Gasteiger partial charge in [0, 0.05) is 25.1 Å². The fourth-order valence-electron chi connectivity index (χ4n) is 1.84. The Morgan fingerprint density at radius 2 is 1.95 bits per heavy atom. The molecular formula is C18H31NO. The van der Waals surface area contributed by atoms with Gasteiger partial charge in [-0.05, 0) is 25.7 Å². The van der Waals surface area contributed by atoms with Crippen LogP contribution in [0, 0.1) is 5.92 Å². The Morgan fingerprint density at radius 3 is 2.35 bits per heavy atom. The second kappa shape index (κ2) is 10.5. The van der Waals surface area contributed by atoms with Gasteiger partial charge in [-0.25, -0.2) is 0 Å². The predicted octanol–water partition coefficient (Wildman–Crippen LogP) is 5.09.